The van der Waals surface area contributed by atoms with Gasteiger partial charge in [0.15, 0.2) is 11.9 Å². The first-order chi connectivity index (χ1) is 9.89. The van der Waals surface area contributed by atoms with Gasteiger partial charge in [-0.15, -0.1) is 0 Å². The molecule has 0 aromatic heterocycles. The second-order valence-corrected chi connectivity index (χ2v) is 6.26. The van der Waals surface area contributed by atoms with Gasteiger partial charge in [-0.1, -0.05) is 32.6 Å². The Hall–Kier alpha value is -1.07. The molecule has 120 valence electrons. The molecule has 0 bridgehead atoms. The van der Waals surface area contributed by atoms with Crippen molar-refractivity contribution in [2.24, 2.45) is 0 Å². The highest BCUT2D eigenvalue weighted by atomic mass is 16.6. The number of carbonyl (C=O) groups excluding carboxylic acids is 1. The Morgan fingerprint density at radius 1 is 1.19 bits per heavy atom. The van der Waals surface area contributed by atoms with Crippen LogP contribution in [0.3, 0.4) is 0 Å². The number of aliphatic hydroxyl groups is 2. The number of carbonyl (C=O) groups is 1. The summed E-state index contributed by atoms with van der Waals surface area (Å²) in [5.74, 6) is -0.204. The van der Waals surface area contributed by atoms with Crippen LogP contribution in [-0.2, 0) is 14.3 Å². The van der Waals surface area contributed by atoms with E-state index in [4.69, 9.17) is 9.47 Å². The number of esters is 1. The van der Waals surface area contributed by atoms with Crippen LogP contribution in [0.15, 0.2) is 11.3 Å². The lowest BCUT2D eigenvalue weighted by atomic mass is 9.82. The summed E-state index contributed by atoms with van der Waals surface area (Å²) in [7, 11) is 0. The van der Waals surface area contributed by atoms with Crippen molar-refractivity contribution in [2.75, 3.05) is 0 Å². The van der Waals surface area contributed by atoms with E-state index in [9.17, 15) is 15.0 Å². The Morgan fingerprint density at radius 3 is 2.52 bits per heavy atom. The van der Waals surface area contributed by atoms with Crippen LogP contribution in [0.4, 0.5) is 0 Å². The van der Waals surface area contributed by atoms with E-state index in [2.05, 4.69) is 6.92 Å². The van der Waals surface area contributed by atoms with Crippen molar-refractivity contribution in [3.8, 4) is 0 Å². The highest BCUT2D eigenvalue weighted by Gasteiger charge is 2.53. The van der Waals surface area contributed by atoms with Crippen LogP contribution in [0.2, 0.25) is 0 Å². The van der Waals surface area contributed by atoms with Crippen molar-refractivity contribution in [3.05, 3.63) is 11.3 Å². The monoisotopic (exact) mass is 298 g/mol. The SMILES string of the molecule is CCCCCCC[C@@H]1OC2=C(C(=O)O[C@H]2C)[C@H](O)[C@]1(C)O. The summed E-state index contributed by atoms with van der Waals surface area (Å²) in [4.78, 5) is 11.7. The molecule has 21 heavy (non-hydrogen) atoms. The predicted molar refractivity (Wildman–Crippen MR) is 77.5 cm³/mol. The molecule has 0 aromatic carbocycles. The van der Waals surface area contributed by atoms with Gasteiger partial charge in [0.25, 0.3) is 0 Å². The highest BCUT2D eigenvalue weighted by molar-refractivity contribution is 5.93. The molecule has 0 aromatic rings. The molecule has 0 spiro atoms. The molecule has 5 heteroatoms. The Labute approximate surface area is 125 Å². The lowest BCUT2D eigenvalue weighted by Gasteiger charge is -2.41. The predicted octanol–water partition coefficient (Wildman–Crippen LogP) is 2.06. The fourth-order valence-corrected chi connectivity index (χ4v) is 3.03. The molecule has 2 aliphatic heterocycles. The van der Waals surface area contributed by atoms with E-state index in [1.54, 1.807) is 6.92 Å². The molecule has 0 saturated carbocycles. The maximum atomic E-state index is 11.7. The van der Waals surface area contributed by atoms with E-state index < -0.39 is 29.9 Å². The van der Waals surface area contributed by atoms with Gasteiger partial charge in [0, 0.05) is 0 Å². The minimum absolute atomic E-state index is 0.0785. The maximum Gasteiger partial charge on any atom is 0.341 e. The van der Waals surface area contributed by atoms with Gasteiger partial charge in [-0.05, 0) is 26.7 Å². The van der Waals surface area contributed by atoms with E-state index in [0.29, 0.717) is 12.2 Å². The zero-order valence-corrected chi connectivity index (χ0v) is 13.1. The fourth-order valence-electron chi connectivity index (χ4n) is 3.03. The average Bonchev–Trinajstić information content (AvgIpc) is 2.69. The lowest BCUT2D eigenvalue weighted by Crippen LogP contribution is -2.55. The molecule has 2 rings (SSSR count). The van der Waals surface area contributed by atoms with Crippen molar-refractivity contribution in [3.63, 3.8) is 0 Å². The Balaban J connectivity index is 2.03. The zero-order chi connectivity index (χ0) is 15.6. The standard InChI is InChI=1S/C16H26O5/c1-4-5-6-7-8-9-11-16(3,19)14(17)12-13(21-11)10(2)20-15(12)18/h10-11,14,17,19H,4-9H2,1-3H3/t10-,11-,14-,16+/m0/s1. The summed E-state index contributed by atoms with van der Waals surface area (Å²) in [5.41, 5.74) is -1.39. The minimum atomic E-state index is -1.47. The van der Waals surface area contributed by atoms with E-state index in [1.165, 1.54) is 26.2 Å². The van der Waals surface area contributed by atoms with Gasteiger partial charge in [-0.25, -0.2) is 4.79 Å². The van der Waals surface area contributed by atoms with Gasteiger partial charge in [0.1, 0.15) is 23.4 Å². The quantitative estimate of drug-likeness (QED) is 0.580. The fraction of sp³-hybridized carbons (Fsp3) is 0.812. The molecule has 0 aliphatic carbocycles. The first-order valence-corrected chi connectivity index (χ1v) is 7.91. The normalized spacial score (nSPS) is 35.5. The third-order valence-electron chi connectivity index (χ3n) is 4.46. The minimum Gasteiger partial charge on any atom is -0.487 e. The average molecular weight is 298 g/mol. The summed E-state index contributed by atoms with van der Waals surface area (Å²) in [6, 6.07) is 0. The molecule has 2 N–H and O–H groups in total. The first kappa shape index (κ1) is 16.3. The smallest absolute Gasteiger partial charge is 0.341 e. The number of hydrogen-bond acceptors (Lipinski definition) is 5. The number of hydrogen-bond donors (Lipinski definition) is 2. The number of unbranched alkanes of at least 4 members (excludes halogenated alkanes) is 4. The summed E-state index contributed by atoms with van der Waals surface area (Å²) in [6.07, 6.45) is 3.98. The highest BCUT2D eigenvalue weighted by Crippen LogP contribution is 2.40. The van der Waals surface area contributed by atoms with E-state index in [-0.39, 0.29) is 5.57 Å². The molecule has 2 heterocycles. The largest absolute Gasteiger partial charge is 0.487 e. The van der Waals surface area contributed by atoms with Gasteiger partial charge in [0.05, 0.1) is 0 Å². The maximum absolute atomic E-state index is 11.7. The molecule has 0 saturated heterocycles. The van der Waals surface area contributed by atoms with Gasteiger partial charge in [0.2, 0.25) is 0 Å². The Bertz CT molecular complexity index is 426. The van der Waals surface area contributed by atoms with Gasteiger partial charge in [-0.3, -0.25) is 0 Å². The molecule has 0 fully saturated rings. The lowest BCUT2D eigenvalue weighted by molar-refractivity contribution is -0.153. The van der Waals surface area contributed by atoms with Crippen LogP contribution in [-0.4, -0.2) is 40.1 Å². The van der Waals surface area contributed by atoms with Crippen LogP contribution in [0.5, 0.6) is 0 Å². The van der Waals surface area contributed by atoms with Crippen molar-refractivity contribution in [2.45, 2.75) is 83.2 Å². The topological polar surface area (TPSA) is 76.0 Å². The molecule has 4 atom stereocenters. The van der Waals surface area contributed by atoms with E-state index >= 15 is 0 Å². The van der Waals surface area contributed by atoms with Crippen molar-refractivity contribution >= 4 is 5.97 Å². The molecule has 0 unspecified atom stereocenters. The van der Waals surface area contributed by atoms with E-state index in [0.717, 1.165) is 12.8 Å². The van der Waals surface area contributed by atoms with Gasteiger partial charge in [-0.2, -0.15) is 0 Å². The third kappa shape index (κ3) is 3.09. The second-order valence-electron chi connectivity index (χ2n) is 6.26. The van der Waals surface area contributed by atoms with Crippen molar-refractivity contribution in [1.82, 2.24) is 0 Å². The molecule has 5 nitrogen and oxygen atoms in total. The summed E-state index contributed by atoms with van der Waals surface area (Å²) in [5, 5.41) is 20.9. The van der Waals surface area contributed by atoms with Crippen LogP contribution < -0.4 is 0 Å². The van der Waals surface area contributed by atoms with E-state index in [1.807, 2.05) is 0 Å². The number of ether oxygens (including phenoxy) is 2. The molecule has 2 aliphatic rings. The second kappa shape index (κ2) is 6.36. The van der Waals surface area contributed by atoms with Gasteiger partial charge >= 0.3 is 5.97 Å². The van der Waals surface area contributed by atoms with Crippen LogP contribution >= 0.6 is 0 Å². The van der Waals surface area contributed by atoms with Crippen LogP contribution in [0.25, 0.3) is 0 Å². The molecule has 0 amide bonds. The number of aliphatic hydroxyl groups excluding tert-OH is 1. The van der Waals surface area contributed by atoms with Crippen molar-refractivity contribution in [1.29, 1.82) is 0 Å². The third-order valence-corrected chi connectivity index (χ3v) is 4.46. The Kier molecular flexibility index (Phi) is 4.94. The van der Waals surface area contributed by atoms with Crippen molar-refractivity contribution < 1.29 is 24.5 Å². The first-order valence-electron chi connectivity index (χ1n) is 7.91. The molecule has 0 radical (unpaired) electrons. The Morgan fingerprint density at radius 2 is 1.86 bits per heavy atom. The summed E-state index contributed by atoms with van der Waals surface area (Å²) >= 11 is 0. The summed E-state index contributed by atoms with van der Waals surface area (Å²) < 4.78 is 10.9. The van der Waals surface area contributed by atoms with Gasteiger partial charge < -0.3 is 19.7 Å². The zero-order valence-electron chi connectivity index (χ0n) is 13.1. The molecular formula is C16H26O5. The molecular weight excluding hydrogens is 272 g/mol. The van der Waals surface area contributed by atoms with Crippen LogP contribution in [0.1, 0.15) is 59.3 Å². The summed E-state index contributed by atoms with van der Waals surface area (Å²) in [6.45, 7) is 5.40. The number of rotatable bonds is 6. The van der Waals surface area contributed by atoms with Crippen LogP contribution in [0, 0.1) is 0 Å². The number of cyclic esters (lactones) is 1.